The van der Waals surface area contributed by atoms with Crippen LogP contribution >= 0.6 is 0 Å². The average Bonchev–Trinajstić information content (AvgIpc) is 2.40. The summed E-state index contributed by atoms with van der Waals surface area (Å²) in [5.74, 6) is 0.0826. The Labute approximate surface area is 116 Å². The largest absolute Gasteiger partial charge is 0.481 e. The first-order chi connectivity index (χ1) is 9.12. The van der Waals surface area contributed by atoms with E-state index in [9.17, 15) is 9.90 Å². The average molecular weight is 269 g/mol. The normalized spacial score (nSPS) is 24.5. The summed E-state index contributed by atoms with van der Waals surface area (Å²) in [6.45, 7) is 3.45. The molecule has 1 saturated heterocycles. The molecule has 1 heterocycles. The van der Waals surface area contributed by atoms with E-state index in [1.54, 1.807) is 0 Å². The van der Waals surface area contributed by atoms with E-state index < -0.39 is 11.4 Å². The maximum absolute atomic E-state index is 11.7. The molecular formula is C15H27NO3. The Balaban J connectivity index is 1.87. The summed E-state index contributed by atoms with van der Waals surface area (Å²) >= 11 is 0. The van der Waals surface area contributed by atoms with Gasteiger partial charge in [0.25, 0.3) is 0 Å². The molecule has 110 valence electrons. The second kappa shape index (κ2) is 6.71. The standard InChI is InChI=1S/C15H27NO3/c1-16(11-13-5-9-19-10-6-13)12-15(14(17)18)7-3-2-4-8-15/h13H,2-12H2,1H3,(H,17,18). The van der Waals surface area contributed by atoms with E-state index in [0.717, 1.165) is 58.3 Å². The van der Waals surface area contributed by atoms with Crippen LogP contribution in [0.2, 0.25) is 0 Å². The lowest BCUT2D eigenvalue weighted by Gasteiger charge is -2.37. The zero-order chi connectivity index (χ0) is 13.7. The number of aliphatic carboxylic acids is 1. The number of carbonyl (C=O) groups is 1. The molecule has 0 aromatic carbocycles. The Morgan fingerprint density at radius 1 is 1.26 bits per heavy atom. The number of rotatable bonds is 5. The minimum absolute atomic E-state index is 0.488. The van der Waals surface area contributed by atoms with Gasteiger partial charge in [-0.3, -0.25) is 4.79 Å². The van der Waals surface area contributed by atoms with Crippen LogP contribution in [0.1, 0.15) is 44.9 Å². The van der Waals surface area contributed by atoms with Gasteiger partial charge in [-0.05, 0) is 38.6 Å². The minimum Gasteiger partial charge on any atom is -0.481 e. The van der Waals surface area contributed by atoms with Crippen molar-refractivity contribution in [2.45, 2.75) is 44.9 Å². The van der Waals surface area contributed by atoms with Gasteiger partial charge in [-0.2, -0.15) is 0 Å². The minimum atomic E-state index is -0.592. The summed E-state index contributed by atoms with van der Waals surface area (Å²) in [5, 5.41) is 9.60. The number of hydrogen-bond donors (Lipinski definition) is 1. The summed E-state index contributed by atoms with van der Waals surface area (Å²) in [6.07, 6.45) is 7.25. The molecule has 0 spiro atoms. The molecule has 1 aliphatic carbocycles. The topological polar surface area (TPSA) is 49.8 Å². The molecule has 2 aliphatic rings. The van der Waals surface area contributed by atoms with Crippen LogP contribution in [-0.2, 0) is 9.53 Å². The van der Waals surface area contributed by atoms with Crippen molar-refractivity contribution in [2.24, 2.45) is 11.3 Å². The monoisotopic (exact) mass is 269 g/mol. The highest BCUT2D eigenvalue weighted by Crippen LogP contribution is 2.37. The fourth-order valence-corrected chi connectivity index (χ4v) is 3.62. The molecule has 0 aromatic rings. The molecule has 19 heavy (non-hydrogen) atoms. The van der Waals surface area contributed by atoms with Crippen LogP contribution in [0.4, 0.5) is 0 Å². The molecule has 4 nitrogen and oxygen atoms in total. The van der Waals surface area contributed by atoms with Crippen LogP contribution in [0.25, 0.3) is 0 Å². The van der Waals surface area contributed by atoms with Gasteiger partial charge >= 0.3 is 5.97 Å². The quantitative estimate of drug-likeness (QED) is 0.832. The maximum atomic E-state index is 11.7. The summed E-state index contributed by atoms with van der Waals surface area (Å²) in [4.78, 5) is 13.9. The van der Waals surface area contributed by atoms with Crippen LogP contribution < -0.4 is 0 Å². The molecule has 0 bridgehead atoms. The lowest BCUT2D eigenvalue weighted by molar-refractivity contribution is -0.152. The van der Waals surface area contributed by atoms with Gasteiger partial charge in [-0.25, -0.2) is 0 Å². The Morgan fingerprint density at radius 3 is 2.47 bits per heavy atom. The van der Waals surface area contributed by atoms with Crippen molar-refractivity contribution in [1.29, 1.82) is 0 Å². The van der Waals surface area contributed by atoms with E-state index in [0.29, 0.717) is 12.5 Å². The number of ether oxygens (including phenoxy) is 1. The first-order valence-electron chi connectivity index (χ1n) is 7.62. The van der Waals surface area contributed by atoms with Crippen molar-refractivity contribution in [3.63, 3.8) is 0 Å². The van der Waals surface area contributed by atoms with Crippen molar-refractivity contribution < 1.29 is 14.6 Å². The van der Waals surface area contributed by atoms with E-state index in [4.69, 9.17) is 4.74 Å². The fraction of sp³-hybridized carbons (Fsp3) is 0.933. The van der Waals surface area contributed by atoms with Crippen molar-refractivity contribution in [3.8, 4) is 0 Å². The molecule has 2 fully saturated rings. The summed E-state index contributed by atoms with van der Waals surface area (Å²) < 4.78 is 5.38. The third-order valence-electron chi connectivity index (χ3n) is 4.75. The molecule has 1 aliphatic heterocycles. The van der Waals surface area contributed by atoms with Crippen molar-refractivity contribution >= 4 is 5.97 Å². The van der Waals surface area contributed by atoms with Crippen LogP contribution in [0, 0.1) is 11.3 Å². The number of hydrogen-bond acceptors (Lipinski definition) is 3. The van der Waals surface area contributed by atoms with Crippen molar-refractivity contribution in [2.75, 3.05) is 33.4 Å². The third kappa shape index (κ3) is 3.93. The summed E-state index contributed by atoms with van der Waals surface area (Å²) in [6, 6.07) is 0. The second-order valence-electron chi connectivity index (χ2n) is 6.40. The van der Waals surface area contributed by atoms with Crippen LogP contribution in [-0.4, -0.2) is 49.3 Å². The Bertz CT molecular complexity index is 294. The van der Waals surface area contributed by atoms with Gasteiger partial charge in [0.1, 0.15) is 0 Å². The van der Waals surface area contributed by atoms with Gasteiger partial charge in [0.2, 0.25) is 0 Å². The van der Waals surface area contributed by atoms with Crippen LogP contribution in [0.3, 0.4) is 0 Å². The summed E-state index contributed by atoms with van der Waals surface area (Å²) in [5.41, 5.74) is -0.488. The van der Waals surface area contributed by atoms with Gasteiger partial charge in [0.15, 0.2) is 0 Å². The highest BCUT2D eigenvalue weighted by molar-refractivity contribution is 5.75. The predicted octanol–water partition coefficient (Wildman–Crippen LogP) is 2.38. The molecule has 0 amide bonds. The van der Waals surface area contributed by atoms with Gasteiger partial charge in [-0.1, -0.05) is 19.3 Å². The Hall–Kier alpha value is -0.610. The Morgan fingerprint density at radius 2 is 1.89 bits per heavy atom. The lowest BCUT2D eigenvalue weighted by Crippen LogP contribution is -2.44. The van der Waals surface area contributed by atoms with E-state index in [1.165, 1.54) is 6.42 Å². The molecule has 2 rings (SSSR count). The number of carboxylic acid groups (broad SMARTS) is 1. The van der Waals surface area contributed by atoms with Gasteiger partial charge in [-0.15, -0.1) is 0 Å². The molecule has 0 aromatic heterocycles. The zero-order valence-corrected chi connectivity index (χ0v) is 12.1. The molecule has 4 heteroatoms. The van der Waals surface area contributed by atoms with E-state index in [2.05, 4.69) is 11.9 Å². The Kier molecular flexibility index (Phi) is 5.22. The lowest BCUT2D eigenvalue weighted by atomic mass is 9.73. The number of carboxylic acids is 1. The van der Waals surface area contributed by atoms with E-state index >= 15 is 0 Å². The van der Waals surface area contributed by atoms with Crippen molar-refractivity contribution in [3.05, 3.63) is 0 Å². The van der Waals surface area contributed by atoms with Crippen LogP contribution in [0.5, 0.6) is 0 Å². The molecule has 1 N–H and O–H groups in total. The zero-order valence-electron chi connectivity index (χ0n) is 12.1. The highest BCUT2D eigenvalue weighted by Gasteiger charge is 2.40. The maximum Gasteiger partial charge on any atom is 0.310 e. The second-order valence-corrected chi connectivity index (χ2v) is 6.40. The fourth-order valence-electron chi connectivity index (χ4n) is 3.62. The van der Waals surface area contributed by atoms with Gasteiger partial charge in [0, 0.05) is 26.3 Å². The molecule has 0 atom stereocenters. The van der Waals surface area contributed by atoms with Crippen LogP contribution in [0.15, 0.2) is 0 Å². The van der Waals surface area contributed by atoms with E-state index in [-0.39, 0.29) is 0 Å². The molecule has 0 unspecified atom stereocenters. The van der Waals surface area contributed by atoms with Gasteiger partial charge in [0.05, 0.1) is 5.41 Å². The van der Waals surface area contributed by atoms with Gasteiger partial charge < -0.3 is 14.7 Å². The SMILES string of the molecule is CN(CC1CCOCC1)CC1(C(=O)O)CCCCC1. The number of nitrogens with zero attached hydrogens (tertiary/aromatic N) is 1. The first-order valence-corrected chi connectivity index (χ1v) is 7.62. The highest BCUT2D eigenvalue weighted by atomic mass is 16.5. The molecule has 1 saturated carbocycles. The molecule has 0 radical (unpaired) electrons. The third-order valence-corrected chi connectivity index (χ3v) is 4.75. The van der Waals surface area contributed by atoms with E-state index in [1.807, 2.05) is 0 Å². The molecular weight excluding hydrogens is 242 g/mol. The first kappa shape index (κ1) is 14.8. The summed E-state index contributed by atoms with van der Waals surface area (Å²) in [7, 11) is 2.08. The predicted molar refractivity (Wildman–Crippen MR) is 74.2 cm³/mol. The smallest absolute Gasteiger partial charge is 0.310 e. The van der Waals surface area contributed by atoms with Crippen molar-refractivity contribution in [1.82, 2.24) is 4.90 Å².